The van der Waals surface area contributed by atoms with Crippen LogP contribution in [0.25, 0.3) is 10.8 Å². The van der Waals surface area contributed by atoms with E-state index in [-0.39, 0.29) is 5.91 Å². The Morgan fingerprint density at radius 1 is 1.00 bits per heavy atom. The van der Waals surface area contributed by atoms with E-state index in [0.717, 1.165) is 10.8 Å². The van der Waals surface area contributed by atoms with Crippen LogP contribution in [0.15, 0.2) is 60.8 Å². The van der Waals surface area contributed by atoms with Crippen LogP contribution in [0.4, 0.5) is 5.69 Å². The summed E-state index contributed by atoms with van der Waals surface area (Å²) in [6.45, 7) is 0. The highest BCUT2D eigenvalue weighted by molar-refractivity contribution is 6.05. The van der Waals surface area contributed by atoms with E-state index in [4.69, 9.17) is 0 Å². The fraction of sp³-hybridized carbons (Fsp3) is 0.0556. The first-order chi connectivity index (χ1) is 11.2. The predicted molar refractivity (Wildman–Crippen MR) is 87.5 cm³/mol. The minimum atomic E-state index is -0.418. The molecule has 0 fully saturated rings. The van der Waals surface area contributed by atoms with Crippen molar-refractivity contribution in [3.05, 3.63) is 72.1 Å². The van der Waals surface area contributed by atoms with Crippen molar-refractivity contribution in [3.8, 4) is 0 Å². The van der Waals surface area contributed by atoms with Gasteiger partial charge in [-0.1, -0.05) is 24.3 Å². The highest BCUT2D eigenvalue weighted by Gasteiger charge is 2.10. The number of ether oxygens (including phenoxy) is 1. The van der Waals surface area contributed by atoms with E-state index >= 15 is 0 Å². The third-order valence-electron chi connectivity index (χ3n) is 3.43. The minimum Gasteiger partial charge on any atom is -0.465 e. The number of nitrogens with one attached hydrogen (secondary N) is 1. The lowest BCUT2D eigenvalue weighted by Crippen LogP contribution is -2.13. The highest BCUT2D eigenvalue weighted by atomic mass is 16.5. The van der Waals surface area contributed by atoms with Crippen LogP contribution in [0.2, 0.25) is 0 Å². The third-order valence-corrected chi connectivity index (χ3v) is 3.43. The number of carbonyl (C=O) groups excluding carboxylic acids is 2. The number of anilines is 1. The molecule has 0 unspecified atom stereocenters. The number of esters is 1. The van der Waals surface area contributed by atoms with Gasteiger partial charge < -0.3 is 10.1 Å². The van der Waals surface area contributed by atoms with Gasteiger partial charge in [0.2, 0.25) is 0 Å². The van der Waals surface area contributed by atoms with Gasteiger partial charge in [-0.3, -0.25) is 9.78 Å². The van der Waals surface area contributed by atoms with Gasteiger partial charge in [0.25, 0.3) is 5.91 Å². The van der Waals surface area contributed by atoms with Crippen LogP contribution in [0.5, 0.6) is 0 Å². The van der Waals surface area contributed by atoms with Crippen LogP contribution >= 0.6 is 0 Å². The Morgan fingerprint density at radius 3 is 2.39 bits per heavy atom. The lowest BCUT2D eigenvalue weighted by Gasteiger charge is -2.06. The molecule has 3 rings (SSSR count). The molecule has 1 heterocycles. The zero-order chi connectivity index (χ0) is 16.2. The maximum atomic E-state index is 12.3. The summed E-state index contributed by atoms with van der Waals surface area (Å²) in [5, 5.41) is 4.68. The minimum absolute atomic E-state index is 0.304. The third kappa shape index (κ3) is 3.18. The first-order valence-electron chi connectivity index (χ1n) is 7.02. The quantitative estimate of drug-likeness (QED) is 0.754. The normalized spacial score (nSPS) is 10.3. The van der Waals surface area contributed by atoms with Gasteiger partial charge in [-0.2, -0.15) is 0 Å². The van der Waals surface area contributed by atoms with Crippen LogP contribution in [-0.4, -0.2) is 24.0 Å². The predicted octanol–water partition coefficient (Wildman–Crippen LogP) is 3.27. The molecule has 0 saturated heterocycles. The maximum absolute atomic E-state index is 12.3. The van der Waals surface area contributed by atoms with Crippen molar-refractivity contribution < 1.29 is 14.3 Å². The van der Waals surface area contributed by atoms with Gasteiger partial charge in [-0.15, -0.1) is 0 Å². The fourth-order valence-electron chi connectivity index (χ4n) is 2.21. The lowest BCUT2D eigenvalue weighted by atomic mass is 10.1. The van der Waals surface area contributed by atoms with E-state index in [0.29, 0.717) is 16.9 Å². The molecule has 0 atom stereocenters. The summed E-state index contributed by atoms with van der Waals surface area (Å²) in [4.78, 5) is 27.8. The molecule has 0 aliphatic carbocycles. The standard InChI is InChI=1S/C18H14N2O3/c1-23-18(22)12-6-8-15(9-7-12)20-17(21)16-10-13-4-2-3-5-14(13)11-19-16/h2-11H,1H3,(H,20,21). The molecular formula is C18H14N2O3. The van der Waals surface area contributed by atoms with Gasteiger partial charge in [0.15, 0.2) is 0 Å². The number of fused-ring (bicyclic) bond motifs is 1. The number of carbonyl (C=O) groups is 2. The summed E-state index contributed by atoms with van der Waals surface area (Å²) in [6, 6.07) is 15.9. The molecule has 1 N–H and O–H groups in total. The number of hydrogen-bond donors (Lipinski definition) is 1. The second-order valence-electron chi connectivity index (χ2n) is 4.94. The molecule has 0 aliphatic rings. The molecule has 23 heavy (non-hydrogen) atoms. The Labute approximate surface area is 132 Å². The fourth-order valence-corrected chi connectivity index (χ4v) is 2.21. The van der Waals surface area contributed by atoms with E-state index in [1.54, 1.807) is 36.5 Å². The highest BCUT2D eigenvalue weighted by Crippen LogP contribution is 2.15. The number of amides is 1. The Bertz CT molecular complexity index is 873. The Morgan fingerprint density at radius 2 is 1.70 bits per heavy atom. The SMILES string of the molecule is COC(=O)c1ccc(NC(=O)c2cc3ccccc3cn2)cc1. The molecule has 2 aromatic carbocycles. The zero-order valence-electron chi connectivity index (χ0n) is 12.4. The summed E-state index contributed by atoms with van der Waals surface area (Å²) >= 11 is 0. The summed E-state index contributed by atoms with van der Waals surface area (Å²) < 4.78 is 4.63. The van der Waals surface area contributed by atoms with Crippen molar-refractivity contribution in [1.29, 1.82) is 0 Å². The summed E-state index contributed by atoms with van der Waals surface area (Å²) in [7, 11) is 1.32. The molecule has 114 valence electrons. The smallest absolute Gasteiger partial charge is 0.337 e. The van der Waals surface area contributed by atoms with Crippen LogP contribution in [0.3, 0.4) is 0 Å². The van der Waals surface area contributed by atoms with Gasteiger partial charge in [0.05, 0.1) is 12.7 Å². The van der Waals surface area contributed by atoms with Crippen molar-refractivity contribution in [3.63, 3.8) is 0 Å². The number of methoxy groups -OCH3 is 1. The van der Waals surface area contributed by atoms with Gasteiger partial charge in [0, 0.05) is 17.3 Å². The zero-order valence-corrected chi connectivity index (χ0v) is 12.4. The van der Waals surface area contributed by atoms with Crippen molar-refractivity contribution >= 4 is 28.3 Å². The van der Waals surface area contributed by atoms with E-state index in [2.05, 4.69) is 15.0 Å². The lowest BCUT2D eigenvalue weighted by molar-refractivity contribution is 0.0600. The Hall–Kier alpha value is -3.21. The number of benzene rings is 2. The maximum Gasteiger partial charge on any atom is 0.337 e. The average molecular weight is 306 g/mol. The molecule has 0 aliphatic heterocycles. The molecule has 5 heteroatoms. The monoisotopic (exact) mass is 306 g/mol. The number of pyridine rings is 1. The number of hydrogen-bond acceptors (Lipinski definition) is 4. The van der Waals surface area contributed by atoms with Gasteiger partial charge in [-0.05, 0) is 35.7 Å². The summed E-state index contributed by atoms with van der Waals surface area (Å²) in [5.41, 5.74) is 1.34. The molecule has 0 saturated carbocycles. The van der Waals surface area contributed by atoms with E-state index in [9.17, 15) is 9.59 Å². The van der Waals surface area contributed by atoms with Gasteiger partial charge in [0.1, 0.15) is 5.69 Å². The second-order valence-corrected chi connectivity index (χ2v) is 4.94. The van der Waals surface area contributed by atoms with E-state index < -0.39 is 5.97 Å². The van der Waals surface area contributed by atoms with Crippen molar-refractivity contribution in [2.45, 2.75) is 0 Å². The Balaban J connectivity index is 1.78. The number of aromatic nitrogens is 1. The largest absolute Gasteiger partial charge is 0.465 e. The van der Waals surface area contributed by atoms with Crippen molar-refractivity contribution in [2.24, 2.45) is 0 Å². The summed E-state index contributed by atoms with van der Waals surface area (Å²) in [6.07, 6.45) is 1.67. The number of nitrogens with zero attached hydrogens (tertiary/aromatic N) is 1. The molecule has 1 amide bonds. The van der Waals surface area contributed by atoms with Crippen molar-refractivity contribution in [2.75, 3.05) is 12.4 Å². The molecule has 3 aromatic rings. The first kappa shape index (κ1) is 14.7. The molecule has 1 aromatic heterocycles. The summed E-state index contributed by atoms with van der Waals surface area (Å²) in [5.74, 6) is -0.722. The topological polar surface area (TPSA) is 68.3 Å². The number of rotatable bonds is 3. The van der Waals surface area contributed by atoms with Crippen LogP contribution in [0.1, 0.15) is 20.8 Å². The Kier molecular flexibility index (Phi) is 4.01. The van der Waals surface area contributed by atoms with E-state index in [1.807, 2.05) is 24.3 Å². The van der Waals surface area contributed by atoms with Gasteiger partial charge in [-0.25, -0.2) is 4.79 Å². The molecule has 5 nitrogen and oxygen atoms in total. The van der Waals surface area contributed by atoms with Crippen LogP contribution in [0, 0.1) is 0 Å². The molecular weight excluding hydrogens is 292 g/mol. The molecule has 0 bridgehead atoms. The second kappa shape index (κ2) is 6.27. The van der Waals surface area contributed by atoms with Crippen molar-refractivity contribution in [1.82, 2.24) is 4.98 Å². The van der Waals surface area contributed by atoms with Crippen LogP contribution < -0.4 is 5.32 Å². The van der Waals surface area contributed by atoms with Gasteiger partial charge >= 0.3 is 5.97 Å². The molecule has 0 spiro atoms. The van der Waals surface area contributed by atoms with Crippen LogP contribution in [-0.2, 0) is 4.74 Å². The van der Waals surface area contributed by atoms with E-state index in [1.165, 1.54) is 7.11 Å². The molecule has 0 radical (unpaired) electrons. The average Bonchev–Trinajstić information content (AvgIpc) is 2.61. The first-order valence-corrected chi connectivity index (χ1v) is 7.02.